The van der Waals surface area contributed by atoms with E-state index in [1.165, 1.54) is 6.07 Å². The molecule has 2 aromatic rings. The van der Waals surface area contributed by atoms with Crippen molar-refractivity contribution in [3.63, 3.8) is 0 Å². The number of rotatable bonds is 3. The summed E-state index contributed by atoms with van der Waals surface area (Å²) in [4.78, 5) is 1.87. The van der Waals surface area contributed by atoms with Crippen molar-refractivity contribution < 1.29 is 13.2 Å². The van der Waals surface area contributed by atoms with Gasteiger partial charge in [0.1, 0.15) is 0 Å². The van der Waals surface area contributed by atoms with Crippen molar-refractivity contribution in [2.75, 3.05) is 25.0 Å². The molecular formula is C21H23F3N2. The van der Waals surface area contributed by atoms with Crippen molar-refractivity contribution in [3.05, 3.63) is 64.7 Å². The largest absolute Gasteiger partial charge is 0.418 e. The van der Waals surface area contributed by atoms with Gasteiger partial charge in [0, 0.05) is 25.6 Å². The second kappa shape index (κ2) is 6.62. The van der Waals surface area contributed by atoms with E-state index in [0.717, 1.165) is 42.6 Å². The molecule has 2 nitrogen and oxygen atoms in total. The first-order valence-electron chi connectivity index (χ1n) is 9.16. The minimum Gasteiger partial charge on any atom is -0.370 e. The molecule has 5 heteroatoms. The average molecular weight is 360 g/mol. The molecule has 2 aliphatic rings. The highest BCUT2D eigenvalue weighted by Gasteiger charge is 2.44. The van der Waals surface area contributed by atoms with Crippen LogP contribution in [0, 0.1) is 0 Å². The number of hydrogen-bond donors (Lipinski definition) is 1. The van der Waals surface area contributed by atoms with Gasteiger partial charge in [0.05, 0.1) is 11.3 Å². The van der Waals surface area contributed by atoms with Crippen LogP contribution < -0.4 is 10.2 Å². The van der Waals surface area contributed by atoms with Gasteiger partial charge < -0.3 is 10.2 Å². The Balaban J connectivity index is 1.71. The third-order valence-electron chi connectivity index (χ3n) is 5.75. The molecule has 1 saturated heterocycles. The Morgan fingerprint density at radius 2 is 1.81 bits per heavy atom. The standard InChI is InChI=1S/C21H23F3N2/c1-26-19-9-10-25-13-17(19)16-11-15(8-7-14-5-3-2-4-6-14)12-18(20(16)26)21(22,23)24/h2-6,11-12,17,19,25H,7-10,13H2,1H3/t17-,19-/m1/s1. The highest BCUT2D eigenvalue weighted by Crippen LogP contribution is 2.49. The predicted octanol–water partition coefficient (Wildman–Crippen LogP) is 4.39. The van der Waals surface area contributed by atoms with E-state index in [4.69, 9.17) is 0 Å². The van der Waals surface area contributed by atoms with Crippen molar-refractivity contribution in [1.29, 1.82) is 0 Å². The third-order valence-corrected chi connectivity index (χ3v) is 5.75. The molecular weight excluding hydrogens is 337 g/mol. The molecule has 0 unspecified atom stereocenters. The zero-order valence-electron chi connectivity index (χ0n) is 14.8. The van der Waals surface area contributed by atoms with Crippen LogP contribution in [-0.4, -0.2) is 26.2 Å². The fraction of sp³-hybridized carbons (Fsp3) is 0.429. The molecule has 138 valence electrons. The summed E-state index contributed by atoms with van der Waals surface area (Å²) >= 11 is 0. The van der Waals surface area contributed by atoms with Crippen LogP contribution in [0.4, 0.5) is 18.9 Å². The Morgan fingerprint density at radius 3 is 2.54 bits per heavy atom. The Morgan fingerprint density at radius 1 is 1.08 bits per heavy atom. The van der Waals surface area contributed by atoms with E-state index in [1.54, 1.807) is 0 Å². The number of hydrogen-bond acceptors (Lipinski definition) is 2. The minimum absolute atomic E-state index is 0.140. The number of alkyl halides is 3. The van der Waals surface area contributed by atoms with Gasteiger partial charge in [0.25, 0.3) is 0 Å². The molecule has 2 aromatic carbocycles. The van der Waals surface area contributed by atoms with Crippen molar-refractivity contribution in [1.82, 2.24) is 5.32 Å². The quantitative estimate of drug-likeness (QED) is 0.874. The summed E-state index contributed by atoms with van der Waals surface area (Å²) in [5.74, 6) is 0.140. The van der Waals surface area contributed by atoms with Crippen LogP contribution in [0.1, 0.15) is 34.6 Å². The topological polar surface area (TPSA) is 15.3 Å². The van der Waals surface area contributed by atoms with Crippen LogP contribution in [0.3, 0.4) is 0 Å². The SMILES string of the molecule is CN1c2c(cc(CCc3ccccc3)cc2C(F)(F)F)[C@H]2CNCC[C@H]21. The number of aryl methyl sites for hydroxylation is 2. The number of halogens is 3. The Labute approximate surface area is 152 Å². The maximum absolute atomic E-state index is 13.8. The molecule has 0 saturated carbocycles. The first kappa shape index (κ1) is 17.4. The van der Waals surface area contributed by atoms with Crippen LogP contribution in [0.2, 0.25) is 0 Å². The van der Waals surface area contributed by atoms with Gasteiger partial charge in [0.15, 0.2) is 0 Å². The highest BCUT2D eigenvalue weighted by atomic mass is 19.4. The minimum atomic E-state index is -4.33. The van der Waals surface area contributed by atoms with Gasteiger partial charge in [-0.15, -0.1) is 0 Å². The lowest BCUT2D eigenvalue weighted by Crippen LogP contribution is -2.42. The van der Waals surface area contributed by atoms with Crippen molar-refractivity contribution in [3.8, 4) is 0 Å². The molecule has 1 fully saturated rings. The number of nitrogens with zero attached hydrogens (tertiary/aromatic N) is 1. The summed E-state index contributed by atoms with van der Waals surface area (Å²) in [6, 6.07) is 13.5. The predicted molar refractivity (Wildman–Crippen MR) is 97.7 cm³/mol. The van der Waals surface area contributed by atoms with Gasteiger partial charge in [-0.05, 0) is 48.6 Å². The molecule has 2 heterocycles. The van der Waals surface area contributed by atoms with E-state index in [9.17, 15) is 13.2 Å². The van der Waals surface area contributed by atoms with Crippen LogP contribution in [0.5, 0.6) is 0 Å². The van der Waals surface area contributed by atoms with E-state index in [2.05, 4.69) is 5.32 Å². The summed E-state index contributed by atoms with van der Waals surface area (Å²) in [5, 5.41) is 3.35. The molecule has 0 spiro atoms. The van der Waals surface area contributed by atoms with Gasteiger partial charge in [0.2, 0.25) is 0 Å². The maximum Gasteiger partial charge on any atom is 0.418 e. The van der Waals surface area contributed by atoms with E-state index in [1.807, 2.05) is 48.3 Å². The molecule has 2 aliphatic heterocycles. The Bertz CT molecular complexity index is 786. The van der Waals surface area contributed by atoms with Gasteiger partial charge in [-0.25, -0.2) is 0 Å². The zero-order chi connectivity index (χ0) is 18.3. The number of likely N-dealkylation sites (N-methyl/N-ethyl adjacent to an activating group) is 1. The fourth-order valence-corrected chi connectivity index (χ4v) is 4.48. The number of anilines is 1. The molecule has 1 N–H and O–H groups in total. The fourth-order valence-electron chi connectivity index (χ4n) is 4.48. The molecule has 0 amide bonds. The maximum atomic E-state index is 13.8. The lowest BCUT2D eigenvalue weighted by Gasteiger charge is -2.31. The molecule has 0 aromatic heterocycles. The van der Waals surface area contributed by atoms with E-state index in [-0.39, 0.29) is 12.0 Å². The third kappa shape index (κ3) is 3.09. The average Bonchev–Trinajstić information content (AvgIpc) is 2.92. The summed E-state index contributed by atoms with van der Waals surface area (Å²) in [5.41, 5.74) is 2.70. The van der Waals surface area contributed by atoms with Crippen LogP contribution in [-0.2, 0) is 19.0 Å². The van der Waals surface area contributed by atoms with Gasteiger partial charge in [-0.3, -0.25) is 0 Å². The zero-order valence-corrected chi connectivity index (χ0v) is 14.8. The van der Waals surface area contributed by atoms with Crippen LogP contribution in [0.25, 0.3) is 0 Å². The normalized spacial score (nSPS) is 22.2. The van der Waals surface area contributed by atoms with Crippen molar-refractivity contribution >= 4 is 5.69 Å². The lowest BCUT2D eigenvalue weighted by molar-refractivity contribution is -0.137. The monoisotopic (exact) mass is 360 g/mol. The number of fused-ring (bicyclic) bond motifs is 3. The Kier molecular flexibility index (Phi) is 4.43. The smallest absolute Gasteiger partial charge is 0.370 e. The number of piperidine rings is 1. The van der Waals surface area contributed by atoms with Gasteiger partial charge >= 0.3 is 6.18 Å². The van der Waals surface area contributed by atoms with Crippen molar-refractivity contribution in [2.45, 2.75) is 37.4 Å². The van der Waals surface area contributed by atoms with E-state index < -0.39 is 11.7 Å². The summed E-state index contributed by atoms with van der Waals surface area (Å²) in [6.45, 7) is 1.61. The van der Waals surface area contributed by atoms with Crippen molar-refractivity contribution in [2.24, 2.45) is 0 Å². The second-order valence-corrected chi connectivity index (χ2v) is 7.34. The first-order chi connectivity index (χ1) is 12.4. The first-order valence-corrected chi connectivity index (χ1v) is 9.16. The number of benzene rings is 2. The van der Waals surface area contributed by atoms with E-state index in [0.29, 0.717) is 12.1 Å². The van der Waals surface area contributed by atoms with E-state index >= 15 is 0 Å². The summed E-state index contributed by atoms with van der Waals surface area (Å²) in [6.07, 6.45) is -2.08. The number of nitrogens with one attached hydrogen (secondary N) is 1. The molecule has 0 bridgehead atoms. The molecule has 2 atom stereocenters. The van der Waals surface area contributed by atoms with Gasteiger partial charge in [-0.2, -0.15) is 13.2 Å². The molecule has 4 rings (SSSR count). The lowest BCUT2D eigenvalue weighted by atomic mass is 9.88. The second-order valence-electron chi connectivity index (χ2n) is 7.34. The highest BCUT2D eigenvalue weighted by molar-refractivity contribution is 5.68. The summed E-state index contributed by atoms with van der Waals surface area (Å²) < 4.78 is 41.4. The Hall–Kier alpha value is -2.01. The molecule has 26 heavy (non-hydrogen) atoms. The molecule has 0 radical (unpaired) electrons. The summed E-state index contributed by atoms with van der Waals surface area (Å²) in [7, 11) is 1.81. The molecule has 0 aliphatic carbocycles. The van der Waals surface area contributed by atoms with Gasteiger partial charge in [-0.1, -0.05) is 36.4 Å². The van der Waals surface area contributed by atoms with Crippen LogP contribution in [0.15, 0.2) is 42.5 Å². The van der Waals surface area contributed by atoms with Crippen LogP contribution >= 0.6 is 0 Å².